The number of methoxy groups -OCH3 is 1. The van der Waals surface area contributed by atoms with E-state index in [0.29, 0.717) is 5.06 Å². The van der Waals surface area contributed by atoms with E-state index in [1.54, 1.807) is 19.1 Å². The molecule has 4 nitrogen and oxygen atoms in total. The highest BCUT2D eigenvalue weighted by molar-refractivity contribution is 5.67. The summed E-state index contributed by atoms with van der Waals surface area (Å²) in [5, 5.41) is 10.1. The van der Waals surface area contributed by atoms with Crippen LogP contribution in [0.5, 0.6) is 0 Å². The molecule has 0 saturated carbocycles. The molecule has 0 heterocycles. The van der Waals surface area contributed by atoms with Gasteiger partial charge in [-0.1, -0.05) is 36.3 Å². The number of hydrogen-bond donors (Lipinski definition) is 1. The summed E-state index contributed by atoms with van der Waals surface area (Å²) in [5.41, 5.74) is 0.727. The van der Waals surface area contributed by atoms with Crippen LogP contribution in [0.3, 0.4) is 0 Å². The van der Waals surface area contributed by atoms with Crippen LogP contribution in [0.1, 0.15) is 18.5 Å². The van der Waals surface area contributed by atoms with Crippen LogP contribution < -0.4 is 0 Å². The van der Waals surface area contributed by atoms with Crippen molar-refractivity contribution < 1.29 is 14.7 Å². The third-order valence-corrected chi connectivity index (χ3v) is 2.00. The van der Waals surface area contributed by atoms with Crippen LogP contribution >= 0.6 is 0 Å². The number of benzene rings is 1. The van der Waals surface area contributed by atoms with E-state index in [1.807, 2.05) is 18.2 Å². The third kappa shape index (κ3) is 2.75. The van der Waals surface area contributed by atoms with Gasteiger partial charge < -0.3 is 4.74 Å². The first kappa shape index (κ1) is 12.1. The van der Waals surface area contributed by atoms with Gasteiger partial charge in [0.1, 0.15) is 6.04 Å². The van der Waals surface area contributed by atoms with Crippen LogP contribution in [0, 0.1) is 11.8 Å². The molecule has 0 aromatic heterocycles. The van der Waals surface area contributed by atoms with Gasteiger partial charge in [-0.05, 0) is 12.5 Å². The van der Waals surface area contributed by atoms with Crippen molar-refractivity contribution in [1.29, 1.82) is 0 Å². The van der Waals surface area contributed by atoms with Crippen molar-refractivity contribution in [3.63, 3.8) is 0 Å². The lowest BCUT2D eigenvalue weighted by atomic mass is 10.1. The smallest absolute Gasteiger partial charge is 0.435 e. The van der Waals surface area contributed by atoms with Crippen LogP contribution in [0.4, 0.5) is 4.79 Å². The molecule has 1 aromatic rings. The molecule has 0 aliphatic heterocycles. The van der Waals surface area contributed by atoms with E-state index < -0.39 is 12.1 Å². The summed E-state index contributed by atoms with van der Waals surface area (Å²) in [6.07, 6.45) is -0.836. The Bertz CT molecular complexity index is 405. The molecule has 1 aromatic carbocycles. The number of ether oxygens (including phenoxy) is 1. The fraction of sp³-hybridized carbons (Fsp3) is 0.250. The molecule has 16 heavy (non-hydrogen) atoms. The minimum Gasteiger partial charge on any atom is -0.451 e. The fourth-order valence-corrected chi connectivity index (χ4v) is 1.26. The Labute approximate surface area is 94.4 Å². The molecule has 84 valence electrons. The molecule has 0 saturated heterocycles. The Balaban J connectivity index is 2.99. The fourth-order valence-electron chi connectivity index (χ4n) is 1.26. The summed E-state index contributed by atoms with van der Waals surface area (Å²) < 4.78 is 4.43. The molecular formula is C12H13NO3. The van der Waals surface area contributed by atoms with E-state index in [2.05, 4.69) is 16.6 Å². The molecule has 1 atom stereocenters. The van der Waals surface area contributed by atoms with Gasteiger partial charge in [-0.2, -0.15) is 5.06 Å². The highest BCUT2D eigenvalue weighted by Gasteiger charge is 2.22. The molecule has 0 spiro atoms. The van der Waals surface area contributed by atoms with E-state index in [-0.39, 0.29) is 0 Å². The van der Waals surface area contributed by atoms with Gasteiger partial charge in [0.15, 0.2) is 0 Å². The van der Waals surface area contributed by atoms with Crippen LogP contribution in [-0.2, 0) is 4.74 Å². The predicted molar refractivity (Wildman–Crippen MR) is 58.7 cm³/mol. The zero-order chi connectivity index (χ0) is 12.0. The van der Waals surface area contributed by atoms with Gasteiger partial charge in [-0.3, -0.25) is 5.21 Å². The zero-order valence-corrected chi connectivity index (χ0v) is 9.18. The van der Waals surface area contributed by atoms with E-state index in [1.165, 1.54) is 7.11 Å². The maximum atomic E-state index is 11.2. The lowest BCUT2D eigenvalue weighted by molar-refractivity contribution is -0.0873. The summed E-state index contributed by atoms with van der Waals surface area (Å²) in [4.78, 5) is 11.2. The van der Waals surface area contributed by atoms with Crippen LogP contribution in [0.15, 0.2) is 30.3 Å². The van der Waals surface area contributed by atoms with Gasteiger partial charge in [0.05, 0.1) is 7.11 Å². The van der Waals surface area contributed by atoms with Crippen molar-refractivity contribution in [3.05, 3.63) is 35.9 Å². The number of rotatable bonds is 2. The second-order valence-electron chi connectivity index (χ2n) is 3.02. The summed E-state index contributed by atoms with van der Waals surface area (Å²) in [6.45, 7) is 1.64. The average Bonchev–Trinajstić information content (AvgIpc) is 2.35. The van der Waals surface area contributed by atoms with Gasteiger partial charge in [-0.25, -0.2) is 4.79 Å². The molecule has 4 heteroatoms. The van der Waals surface area contributed by atoms with Crippen molar-refractivity contribution in [2.45, 2.75) is 13.0 Å². The van der Waals surface area contributed by atoms with Crippen molar-refractivity contribution in [2.75, 3.05) is 7.11 Å². The topological polar surface area (TPSA) is 49.8 Å². The Hall–Kier alpha value is -1.99. The largest absolute Gasteiger partial charge is 0.451 e. The highest BCUT2D eigenvalue weighted by atomic mass is 16.6. The monoisotopic (exact) mass is 219 g/mol. The number of hydroxylamine groups is 2. The minimum atomic E-state index is -0.836. The molecule has 0 aliphatic rings. The Morgan fingerprint density at radius 3 is 2.56 bits per heavy atom. The lowest BCUT2D eigenvalue weighted by Crippen LogP contribution is -2.31. The first-order chi connectivity index (χ1) is 7.70. The second kappa shape index (κ2) is 5.79. The highest BCUT2D eigenvalue weighted by Crippen LogP contribution is 2.18. The van der Waals surface area contributed by atoms with Crippen LogP contribution in [-0.4, -0.2) is 23.5 Å². The Morgan fingerprint density at radius 2 is 2.06 bits per heavy atom. The van der Waals surface area contributed by atoms with Crippen molar-refractivity contribution in [2.24, 2.45) is 0 Å². The van der Waals surface area contributed by atoms with Gasteiger partial charge >= 0.3 is 6.09 Å². The van der Waals surface area contributed by atoms with Gasteiger partial charge in [0, 0.05) is 0 Å². The molecule has 1 N–H and O–H groups in total. The van der Waals surface area contributed by atoms with Crippen molar-refractivity contribution in [3.8, 4) is 11.8 Å². The van der Waals surface area contributed by atoms with E-state index in [9.17, 15) is 10.0 Å². The Kier molecular flexibility index (Phi) is 4.37. The van der Waals surface area contributed by atoms with E-state index in [0.717, 1.165) is 5.56 Å². The number of nitrogens with zero attached hydrogens (tertiary/aromatic N) is 1. The maximum Gasteiger partial charge on any atom is 0.435 e. The molecule has 0 bridgehead atoms. The molecule has 0 radical (unpaired) electrons. The number of amides is 1. The second-order valence-corrected chi connectivity index (χ2v) is 3.02. The van der Waals surface area contributed by atoms with Gasteiger partial charge in [0.2, 0.25) is 0 Å². The number of hydrogen-bond acceptors (Lipinski definition) is 3. The number of carbonyl (C=O) groups is 1. The molecular weight excluding hydrogens is 206 g/mol. The van der Waals surface area contributed by atoms with E-state index in [4.69, 9.17) is 0 Å². The third-order valence-electron chi connectivity index (χ3n) is 2.00. The van der Waals surface area contributed by atoms with Crippen LogP contribution in [0.25, 0.3) is 0 Å². The average molecular weight is 219 g/mol. The Morgan fingerprint density at radius 1 is 1.44 bits per heavy atom. The molecule has 1 amide bonds. The molecule has 0 aliphatic carbocycles. The van der Waals surface area contributed by atoms with Crippen molar-refractivity contribution in [1.82, 2.24) is 5.06 Å². The SMILES string of the molecule is CC#CC(c1ccccc1)N(O)C(=O)OC. The van der Waals surface area contributed by atoms with Crippen molar-refractivity contribution >= 4 is 6.09 Å². The lowest BCUT2D eigenvalue weighted by Gasteiger charge is -2.20. The summed E-state index contributed by atoms with van der Waals surface area (Å²) in [7, 11) is 1.20. The maximum absolute atomic E-state index is 11.2. The van der Waals surface area contributed by atoms with Gasteiger partial charge in [-0.15, -0.1) is 5.92 Å². The molecule has 1 rings (SSSR count). The molecule has 0 fully saturated rings. The van der Waals surface area contributed by atoms with E-state index >= 15 is 0 Å². The summed E-state index contributed by atoms with van der Waals surface area (Å²) >= 11 is 0. The predicted octanol–water partition coefficient (Wildman–Crippen LogP) is 2.21. The quantitative estimate of drug-likeness (QED) is 0.471. The summed E-state index contributed by atoms with van der Waals surface area (Å²) in [6, 6.07) is 8.32. The first-order valence-corrected chi connectivity index (χ1v) is 4.74. The first-order valence-electron chi connectivity index (χ1n) is 4.74. The normalized spacial score (nSPS) is 10.9. The minimum absolute atomic E-state index is 0.478. The number of carbonyl (C=O) groups excluding carboxylic acids is 1. The van der Waals surface area contributed by atoms with Crippen LogP contribution in [0.2, 0.25) is 0 Å². The summed E-state index contributed by atoms with van der Waals surface area (Å²) in [5.74, 6) is 5.41. The van der Waals surface area contributed by atoms with Gasteiger partial charge in [0.25, 0.3) is 0 Å². The standard InChI is InChI=1S/C12H13NO3/c1-3-7-11(13(15)12(14)16-2)10-8-5-4-6-9-10/h4-6,8-9,11,15H,1-2H3. The zero-order valence-electron chi connectivity index (χ0n) is 9.18. The molecule has 1 unspecified atom stereocenters.